The minimum Gasteiger partial charge on any atom is -0.497 e. The molecule has 2 aromatic rings. The van der Waals surface area contributed by atoms with E-state index in [1.54, 1.807) is 36.3 Å². The van der Waals surface area contributed by atoms with Gasteiger partial charge in [-0.25, -0.2) is 0 Å². The highest BCUT2D eigenvalue weighted by Gasteiger charge is 2.30. The van der Waals surface area contributed by atoms with Gasteiger partial charge in [0.25, 0.3) is 5.91 Å². The van der Waals surface area contributed by atoms with Crippen molar-refractivity contribution in [3.05, 3.63) is 59.7 Å². The number of nitrogens with zero attached hydrogens (tertiary/aromatic N) is 2. The van der Waals surface area contributed by atoms with Crippen LogP contribution < -0.4 is 9.64 Å². The average Bonchev–Trinajstić information content (AvgIpc) is 2.67. The standard InChI is InChI=1S/C19H19F3N2O2/c1-26-17-4-2-3-14(13-17)18(25)24-11-9-23(10-12-24)16-7-5-15(6-8-16)19(20,21)22/h2-8,13H,9-12H2,1H3. The molecule has 0 aromatic heterocycles. The molecule has 0 aliphatic carbocycles. The van der Waals surface area contributed by atoms with Crippen LogP contribution in [-0.2, 0) is 6.18 Å². The van der Waals surface area contributed by atoms with Crippen LogP contribution in [0.1, 0.15) is 15.9 Å². The van der Waals surface area contributed by atoms with Crippen molar-refractivity contribution in [3.63, 3.8) is 0 Å². The van der Waals surface area contributed by atoms with E-state index in [9.17, 15) is 18.0 Å². The fraction of sp³-hybridized carbons (Fsp3) is 0.316. The molecular formula is C19H19F3N2O2. The molecule has 1 heterocycles. The first-order valence-electron chi connectivity index (χ1n) is 8.24. The first-order valence-corrected chi connectivity index (χ1v) is 8.24. The number of hydrogen-bond acceptors (Lipinski definition) is 3. The summed E-state index contributed by atoms with van der Waals surface area (Å²) in [7, 11) is 1.55. The van der Waals surface area contributed by atoms with Gasteiger partial charge in [0, 0.05) is 37.4 Å². The van der Waals surface area contributed by atoms with Gasteiger partial charge in [-0.05, 0) is 42.5 Å². The van der Waals surface area contributed by atoms with E-state index in [1.165, 1.54) is 12.1 Å². The molecule has 138 valence electrons. The lowest BCUT2D eigenvalue weighted by molar-refractivity contribution is -0.137. The van der Waals surface area contributed by atoms with E-state index in [4.69, 9.17) is 4.74 Å². The highest BCUT2D eigenvalue weighted by Crippen LogP contribution is 2.30. The van der Waals surface area contributed by atoms with E-state index >= 15 is 0 Å². The number of anilines is 1. The first-order chi connectivity index (χ1) is 12.4. The fourth-order valence-electron chi connectivity index (χ4n) is 2.97. The van der Waals surface area contributed by atoms with Crippen LogP contribution in [0.15, 0.2) is 48.5 Å². The van der Waals surface area contributed by atoms with Crippen molar-refractivity contribution in [2.75, 3.05) is 38.2 Å². The van der Waals surface area contributed by atoms with E-state index < -0.39 is 11.7 Å². The van der Waals surface area contributed by atoms with Gasteiger partial charge in [-0.3, -0.25) is 4.79 Å². The second-order valence-corrected chi connectivity index (χ2v) is 6.06. The molecule has 0 N–H and O–H groups in total. The van der Waals surface area contributed by atoms with Crippen molar-refractivity contribution in [1.29, 1.82) is 0 Å². The summed E-state index contributed by atoms with van der Waals surface area (Å²) in [5.74, 6) is 0.551. The van der Waals surface area contributed by atoms with Crippen LogP contribution >= 0.6 is 0 Å². The zero-order valence-corrected chi connectivity index (χ0v) is 14.3. The van der Waals surface area contributed by atoms with Gasteiger partial charge >= 0.3 is 6.18 Å². The van der Waals surface area contributed by atoms with Crippen molar-refractivity contribution >= 4 is 11.6 Å². The Kier molecular flexibility index (Phi) is 5.06. The maximum Gasteiger partial charge on any atom is 0.416 e. The summed E-state index contributed by atoms with van der Waals surface area (Å²) in [5.41, 5.74) is 0.631. The van der Waals surface area contributed by atoms with Gasteiger partial charge in [0.2, 0.25) is 0 Å². The Balaban J connectivity index is 1.62. The van der Waals surface area contributed by atoms with Crippen molar-refractivity contribution < 1.29 is 22.7 Å². The zero-order valence-electron chi connectivity index (χ0n) is 14.3. The molecule has 0 atom stereocenters. The number of hydrogen-bond donors (Lipinski definition) is 0. The van der Waals surface area contributed by atoms with Gasteiger partial charge in [0.1, 0.15) is 5.75 Å². The minimum absolute atomic E-state index is 0.0732. The minimum atomic E-state index is -4.33. The van der Waals surface area contributed by atoms with Gasteiger partial charge in [-0.15, -0.1) is 0 Å². The summed E-state index contributed by atoms with van der Waals surface area (Å²) >= 11 is 0. The molecule has 1 saturated heterocycles. The normalized spacial score (nSPS) is 15.1. The van der Waals surface area contributed by atoms with Crippen molar-refractivity contribution in [2.24, 2.45) is 0 Å². The van der Waals surface area contributed by atoms with Gasteiger partial charge in [0.15, 0.2) is 0 Å². The molecular weight excluding hydrogens is 345 g/mol. The van der Waals surface area contributed by atoms with Crippen LogP contribution in [-0.4, -0.2) is 44.1 Å². The maximum absolute atomic E-state index is 12.7. The number of ether oxygens (including phenoxy) is 1. The maximum atomic E-state index is 12.7. The molecule has 0 bridgehead atoms. The number of rotatable bonds is 3. The molecule has 0 spiro atoms. The number of methoxy groups -OCH3 is 1. The van der Waals surface area contributed by atoms with Crippen LogP contribution in [0, 0.1) is 0 Å². The summed E-state index contributed by atoms with van der Waals surface area (Å²) in [4.78, 5) is 16.3. The monoisotopic (exact) mass is 364 g/mol. The van der Waals surface area contributed by atoms with Crippen molar-refractivity contribution in [2.45, 2.75) is 6.18 Å². The molecule has 7 heteroatoms. The summed E-state index contributed by atoms with van der Waals surface area (Å²) in [6, 6.07) is 12.1. The quantitative estimate of drug-likeness (QED) is 0.833. The van der Waals surface area contributed by atoms with Crippen molar-refractivity contribution in [3.8, 4) is 5.75 Å². The van der Waals surface area contributed by atoms with E-state index in [0.717, 1.165) is 17.8 Å². The molecule has 3 rings (SSSR count). The fourth-order valence-corrected chi connectivity index (χ4v) is 2.97. The largest absolute Gasteiger partial charge is 0.497 e. The number of amides is 1. The Morgan fingerprint density at radius 1 is 1.00 bits per heavy atom. The van der Waals surface area contributed by atoms with Crippen LogP contribution in [0.4, 0.5) is 18.9 Å². The van der Waals surface area contributed by atoms with E-state index in [2.05, 4.69) is 0 Å². The molecule has 0 saturated carbocycles. The Morgan fingerprint density at radius 2 is 1.65 bits per heavy atom. The lowest BCUT2D eigenvalue weighted by Crippen LogP contribution is -2.48. The van der Waals surface area contributed by atoms with E-state index in [0.29, 0.717) is 37.5 Å². The average molecular weight is 364 g/mol. The van der Waals surface area contributed by atoms with Gasteiger partial charge in [-0.2, -0.15) is 13.2 Å². The number of alkyl halides is 3. The number of halogens is 3. The van der Waals surface area contributed by atoms with Gasteiger partial charge in [0.05, 0.1) is 12.7 Å². The number of carbonyl (C=O) groups excluding carboxylic acids is 1. The van der Waals surface area contributed by atoms with Crippen LogP contribution in [0.5, 0.6) is 5.75 Å². The summed E-state index contributed by atoms with van der Waals surface area (Å²) in [6.07, 6.45) is -4.33. The molecule has 1 aliphatic rings. The molecule has 2 aromatic carbocycles. The molecule has 0 radical (unpaired) electrons. The highest BCUT2D eigenvalue weighted by atomic mass is 19.4. The second kappa shape index (κ2) is 7.27. The van der Waals surface area contributed by atoms with Crippen LogP contribution in [0.25, 0.3) is 0 Å². The molecule has 0 unspecified atom stereocenters. The first kappa shape index (κ1) is 18.1. The SMILES string of the molecule is COc1cccc(C(=O)N2CCN(c3ccc(C(F)(F)F)cc3)CC2)c1. The molecule has 26 heavy (non-hydrogen) atoms. The third-order valence-electron chi connectivity index (χ3n) is 4.44. The zero-order chi connectivity index (χ0) is 18.7. The Labute approximate surface area is 149 Å². The van der Waals surface area contributed by atoms with E-state index in [-0.39, 0.29) is 5.91 Å². The molecule has 4 nitrogen and oxygen atoms in total. The summed E-state index contributed by atoms with van der Waals surface area (Å²) < 4.78 is 43.1. The lowest BCUT2D eigenvalue weighted by Gasteiger charge is -2.36. The summed E-state index contributed by atoms with van der Waals surface area (Å²) in [5, 5.41) is 0. The lowest BCUT2D eigenvalue weighted by atomic mass is 10.1. The van der Waals surface area contributed by atoms with Gasteiger partial charge in [-0.1, -0.05) is 6.07 Å². The third-order valence-corrected chi connectivity index (χ3v) is 4.44. The van der Waals surface area contributed by atoms with E-state index in [1.807, 2.05) is 4.90 Å². The summed E-state index contributed by atoms with van der Waals surface area (Å²) in [6.45, 7) is 2.16. The highest BCUT2D eigenvalue weighted by molar-refractivity contribution is 5.94. The van der Waals surface area contributed by atoms with Crippen LogP contribution in [0.3, 0.4) is 0 Å². The topological polar surface area (TPSA) is 32.8 Å². The number of carbonyl (C=O) groups is 1. The number of piperazine rings is 1. The Hall–Kier alpha value is -2.70. The molecule has 1 amide bonds. The Morgan fingerprint density at radius 3 is 2.23 bits per heavy atom. The van der Waals surface area contributed by atoms with Gasteiger partial charge < -0.3 is 14.5 Å². The van der Waals surface area contributed by atoms with Crippen molar-refractivity contribution in [1.82, 2.24) is 4.90 Å². The number of benzene rings is 2. The predicted molar refractivity (Wildman–Crippen MR) is 92.6 cm³/mol. The predicted octanol–water partition coefficient (Wildman–Crippen LogP) is 3.68. The second-order valence-electron chi connectivity index (χ2n) is 6.06. The third kappa shape index (κ3) is 3.92. The smallest absolute Gasteiger partial charge is 0.416 e. The molecule has 1 aliphatic heterocycles. The Bertz CT molecular complexity index is 767. The van der Waals surface area contributed by atoms with Crippen LogP contribution in [0.2, 0.25) is 0 Å². The molecule has 1 fully saturated rings.